The molecule has 1 unspecified atom stereocenters. The van der Waals surface area contributed by atoms with Gasteiger partial charge in [-0.2, -0.15) is 0 Å². The van der Waals surface area contributed by atoms with Crippen molar-refractivity contribution in [2.45, 2.75) is 38.0 Å². The maximum absolute atomic E-state index is 12.4. The Kier molecular flexibility index (Phi) is 6.03. The van der Waals surface area contributed by atoms with E-state index in [9.17, 15) is 19.5 Å². The molecule has 146 valence electrons. The molecule has 1 aliphatic heterocycles. The zero-order chi connectivity index (χ0) is 20.1. The lowest BCUT2D eigenvalue weighted by Crippen LogP contribution is -2.16. The molecule has 0 radical (unpaired) electrons. The van der Waals surface area contributed by atoms with Crippen LogP contribution in [0.15, 0.2) is 36.4 Å². The van der Waals surface area contributed by atoms with Gasteiger partial charge in [-0.3, -0.25) is 19.4 Å². The molecular weight excluding hydrogens is 360 g/mol. The fourth-order valence-electron chi connectivity index (χ4n) is 3.31. The third-order valence-electron chi connectivity index (χ3n) is 4.78. The lowest BCUT2D eigenvalue weighted by Gasteiger charge is -2.17. The van der Waals surface area contributed by atoms with Crippen molar-refractivity contribution in [3.63, 3.8) is 0 Å². The molecule has 2 bridgehead atoms. The number of aliphatic carboxylic acids is 1. The number of pyridine rings is 1. The standard InChI is InChI=1S/C21H22N2O5/c1-28-20(25)12-13-9-10-14-16-6-4-7-17(22-16)15(21(26)27)5-2-3-8-19(24)23-18(14)11-13/h4,6-7,9-11,15H,2-3,5,8,12H2,1H3,(H,23,24)(H,26,27). The van der Waals surface area contributed by atoms with E-state index in [0.717, 1.165) is 0 Å². The molecular formula is C21H22N2O5. The summed E-state index contributed by atoms with van der Waals surface area (Å²) >= 11 is 0. The molecule has 2 N–H and O–H groups in total. The van der Waals surface area contributed by atoms with Crippen LogP contribution in [-0.2, 0) is 25.5 Å². The van der Waals surface area contributed by atoms with Crippen LogP contribution in [-0.4, -0.2) is 35.0 Å². The maximum Gasteiger partial charge on any atom is 0.312 e. The molecule has 7 nitrogen and oxygen atoms in total. The number of carboxylic acid groups (broad SMARTS) is 1. The lowest BCUT2D eigenvalue weighted by atomic mass is 9.95. The van der Waals surface area contributed by atoms with Crippen molar-refractivity contribution in [3.05, 3.63) is 47.7 Å². The van der Waals surface area contributed by atoms with Gasteiger partial charge in [0.25, 0.3) is 0 Å². The highest BCUT2D eigenvalue weighted by Crippen LogP contribution is 2.31. The summed E-state index contributed by atoms with van der Waals surface area (Å²) in [6.07, 6.45) is 2.03. The van der Waals surface area contributed by atoms with E-state index in [2.05, 4.69) is 10.3 Å². The fourth-order valence-corrected chi connectivity index (χ4v) is 3.31. The van der Waals surface area contributed by atoms with Crippen molar-refractivity contribution in [2.75, 3.05) is 12.4 Å². The fraction of sp³-hybridized carbons (Fsp3) is 0.333. The Hall–Kier alpha value is -3.22. The molecule has 28 heavy (non-hydrogen) atoms. The van der Waals surface area contributed by atoms with E-state index in [0.29, 0.717) is 53.9 Å². The largest absolute Gasteiger partial charge is 0.481 e. The quantitative estimate of drug-likeness (QED) is 0.790. The van der Waals surface area contributed by atoms with E-state index in [1.54, 1.807) is 36.4 Å². The number of fused-ring (bicyclic) bond motifs is 4. The monoisotopic (exact) mass is 382 g/mol. The minimum atomic E-state index is -0.917. The molecule has 1 atom stereocenters. The zero-order valence-electron chi connectivity index (χ0n) is 15.6. The summed E-state index contributed by atoms with van der Waals surface area (Å²) < 4.78 is 4.71. The third kappa shape index (κ3) is 4.54. The smallest absolute Gasteiger partial charge is 0.312 e. The number of carboxylic acids is 1. The van der Waals surface area contributed by atoms with Gasteiger partial charge in [0.15, 0.2) is 0 Å². The van der Waals surface area contributed by atoms with Crippen LogP contribution in [0.4, 0.5) is 5.69 Å². The molecule has 1 aromatic heterocycles. The molecule has 0 aliphatic carbocycles. The number of esters is 1. The number of carbonyl (C=O) groups is 3. The van der Waals surface area contributed by atoms with Crippen LogP contribution < -0.4 is 5.32 Å². The summed E-state index contributed by atoms with van der Waals surface area (Å²) in [6.45, 7) is 0. The van der Waals surface area contributed by atoms with E-state index in [4.69, 9.17) is 4.74 Å². The van der Waals surface area contributed by atoms with E-state index in [-0.39, 0.29) is 18.3 Å². The second-order valence-corrected chi connectivity index (χ2v) is 6.77. The third-order valence-corrected chi connectivity index (χ3v) is 4.78. The Morgan fingerprint density at radius 1 is 1.25 bits per heavy atom. The number of anilines is 1. The molecule has 1 aromatic carbocycles. The van der Waals surface area contributed by atoms with Gasteiger partial charge in [-0.15, -0.1) is 0 Å². The summed E-state index contributed by atoms with van der Waals surface area (Å²) in [4.78, 5) is 40.2. The Labute approximate surface area is 162 Å². The SMILES string of the molecule is COC(=O)Cc1ccc2c(c1)NC(=O)CCCCC(C(=O)O)c1cccc-2n1. The van der Waals surface area contributed by atoms with Crippen molar-refractivity contribution >= 4 is 23.5 Å². The van der Waals surface area contributed by atoms with Gasteiger partial charge in [0, 0.05) is 12.0 Å². The Balaban J connectivity index is 2.08. The van der Waals surface area contributed by atoms with E-state index in [1.165, 1.54) is 7.11 Å². The predicted molar refractivity (Wildman–Crippen MR) is 103 cm³/mol. The second kappa shape index (κ2) is 8.65. The first kappa shape index (κ1) is 19.5. The number of amides is 1. The van der Waals surface area contributed by atoms with E-state index < -0.39 is 11.9 Å². The van der Waals surface area contributed by atoms with Crippen LogP contribution in [0.2, 0.25) is 0 Å². The van der Waals surface area contributed by atoms with Crippen molar-refractivity contribution in [1.82, 2.24) is 4.98 Å². The Morgan fingerprint density at radius 2 is 2.07 bits per heavy atom. The molecule has 1 aliphatic rings. The summed E-state index contributed by atoms with van der Waals surface area (Å²) in [5.41, 5.74) is 3.00. The zero-order valence-corrected chi connectivity index (χ0v) is 15.6. The maximum atomic E-state index is 12.4. The summed E-state index contributed by atoms with van der Waals surface area (Å²) in [5, 5.41) is 12.5. The van der Waals surface area contributed by atoms with Crippen LogP contribution >= 0.6 is 0 Å². The summed E-state index contributed by atoms with van der Waals surface area (Å²) in [7, 11) is 1.33. The number of nitrogens with zero attached hydrogens (tertiary/aromatic N) is 1. The number of rotatable bonds is 3. The number of benzene rings is 1. The van der Waals surface area contributed by atoms with Crippen LogP contribution in [0.3, 0.4) is 0 Å². The highest BCUT2D eigenvalue weighted by Gasteiger charge is 2.23. The molecule has 3 rings (SSSR count). The minimum absolute atomic E-state index is 0.0915. The van der Waals surface area contributed by atoms with Crippen LogP contribution in [0.25, 0.3) is 11.3 Å². The van der Waals surface area contributed by atoms with Gasteiger partial charge in [0.1, 0.15) is 0 Å². The van der Waals surface area contributed by atoms with Gasteiger partial charge < -0.3 is 15.2 Å². The predicted octanol–water partition coefficient (Wildman–Crippen LogP) is 3.14. The van der Waals surface area contributed by atoms with Gasteiger partial charge >= 0.3 is 11.9 Å². The van der Waals surface area contributed by atoms with Crippen LogP contribution in [0.5, 0.6) is 0 Å². The van der Waals surface area contributed by atoms with E-state index in [1.807, 2.05) is 0 Å². The van der Waals surface area contributed by atoms with Crippen LogP contribution in [0.1, 0.15) is 42.9 Å². The molecule has 0 saturated carbocycles. The van der Waals surface area contributed by atoms with Crippen molar-refractivity contribution in [2.24, 2.45) is 0 Å². The minimum Gasteiger partial charge on any atom is -0.481 e. The number of nitrogens with one attached hydrogen (secondary N) is 1. The number of ether oxygens (including phenoxy) is 1. The van der Waals surface area contributed by atoms with Gasteiger partial charge in [0.2, 0.25) is 5.91 Å². The first-order valence-electron chi connectivity index (χ1n) is 9.17. The first-order chi connectivity index (χ1) is 13.5. The molecule has 0 spiro atoms. The number of hydrogen-bond acceptors (Lipinski definition) is 5. The molecule has 7 heteroatoms. The van der Waals surface area contributed by atoms with Gasteiger partial charge in [-0.25, -0.2) is 0 Å². The van der Waals surface area contributed by atoms with Gasteiger partial charge in [-0.1, -0.05) is 24.6 Å². The molecule has 1 amide bonds. The number of hydrogen-bond donors (Lipinski definition) is 2. The van der Waals surface area contributed by atoms with Crippen molar-refractivity contribution in [1.29, 1.82) is 0 Å². The summed E-state index contributed by atoms with van der Waals surface area (Å²) in [5.74, 6) is -2.15. The highest BCUT2D eigenvalue weighted by atomic mass is 16.5. The Bertz CT molecular complexity index is 909. The van der Waals surface area contributed by atoms with Crippen LogP contribution in [0, 0.1) is 0 Å². The van der Waals surface area contributed by atoms with Gasteiger partial charge in [0.05, 0.1) is 36.5 Å². The topological polar surface area (TPSA) is 106 Å². The number of carbonyl (C=O) groups excluding carboxylic acids is 2. The molecule has 2 aromatic rings. The average Bonchev–Trinajstić information content (AvgIpc) is 2.67. The normalized spacial score (nSPS) is 16.8. The molecule has 2 heterocycles. The highest BCUT2D eigenvalue weighted by molar-refractivity contribution is 5.95. The average molecular weight is 382 g/mol. The number of aromatic nitrogens is 1. The number of methoxy groups -OCH3 is 1. The van der Waals surface area contributed by atoms with Crippen molar-refractivity contribution < 1.29 is 24.2 Å². The molecule has 0 fully saturated rings. The van der Waals surface area contributed by atoms with E-state index >= 15 is 0 Å². The first-order valence-corrected chi connectivity index (χ1v) is 9.17. The lowest BCUT2D eigenvalue weighted by molar-refractivity contribution is -0.140. The Morgan fingerprint density at radius 3 is 2.82 bits per heavy atom. The van der Waals surface area contributed by atoms with Crippen molar-refractivity contribution in [3.8, 4) is 11.3 Å². The second-order valence-electron chi connectivity index (χ2n) is 6.77. The molecule has 0 saturated heterocycles. The van der Waals surface area contributed by atoms with Gasteiger partial charge in [-0.05, 0) is 36.6 Å². The summed E-state index contributed by atoms with van der Waals surface area (Å²) in [6, 6.07) is 10.6.